The lowest BCUT2D eigenvalue weighted by atomic mass is 9.86. The maximum Gasteiger partial charge on any atom is 0.144 e. The van der Waals surface area contributed by atoms with Crippen LogP contribution in [0, 0.1) is 0 Å². The maximum absolute atomic E-state index is 12.9. The number of carbonyl (C=O) groups is 1. The van der Waals surface area contributed by atoms with Gasteiger partial charge in [-0.25, -0.2) is 0 Å². The SMILES string of the molecule is CC(CC(C(=O)Cc1ccccc1)c1ccccc1)N(C)C.c1ccccc1. The van der Waals surface area contributed by atoms with Gasteiger partial charge in [-0.3, -0.25) is 4.79 Å². The molecule has 0 heterocycles. The van der Waals surface area contributed by atoms with Crippen molar-refractivity contribution in [1.82, 2.24) is 4.90 Å². The molecule has 3 aromatic rings. The minimum absolute atomic E-state index is 0.0428. The van der Waals surface area contributed by atoms with Crippen LogP contribution in [0.25, 0.3) is 0 Å². The molecule has 2 unspecified atom stereocenters. The Kier molecular flexibility index (Phi) is 9.17. The van der Waals surface area contributed by atoms with E-state index in [-0.39, 0.29) is 5.92 Å². The fraction of sp³-hybridized carbons (Fsp3) is 0.269. The molecule has 0 aliphatic carbocycles. The van der Waals surface area contributed by atoms with Crippen LogP contribution >= 0.6 is 0 Å². The number of carbonyl (C=O) groups excluding carboxylic acids is 1. The molecule has 2 atom stereocenters. The third kappa shape index (κ3) is 7.50. The van der Waals surface area contributed by atoms with Crippen LogP contribution in [0.1, 0.15) is 30.4 Å². The van der Waals surface area contributed by atoms with Gasteiger partial charge in [-0.1, -0.05) is 97.1 Å². The number of nitrogens with zero attached hydrogens (tertiary/aromatic N) is 1. The Hall–Kier alpha value is -2.71. The molecule has 0 N–H and O–H groups in total. The molecule has 0 radical (unpaired) electrons. The molecule has 0 aliphatic heterocycles. The standard InChI is InChI=1S/C20H25NO.C6H6/c1-16(21(2)3)14-19(18-12-8-5-9-13-18)20(22)15-17-10-6-4-7-11-17;1-2-4-6-5-3-1/h4-13,16,19H,14-15H2,1-3H3;1-6H. The highest BCUT2D eigenvalue weighted by Gasteiger charge is 2.23. The van der Waals surface area contributed by atoms with Crippen molar-refractivity contribution in [3.05, 3.63) is 108 Å². The Morgan fingerprint density at radius 1 is 0.750 bits per heavy atom. The second-order valence-electron chi connectivity index (χ2n) is 7.29. The monoisotopic (exact) mass is 373 g/mol. The molecule has 3 aromatic carbocycles. The van der Waals surface area contributed by atoms with Crippen LogP contribution in [0.2, 0.25) is 0 Å². The molecule has 0 spiro atoms. The van der Waals surface area contributed by atoms with Crippen molar-refractivity contribution in [2.45, 2.75) is 31.7 Å². The Labute approximate surface area is 169 Å². The molecule has 0 saturated carbocycles. The van der Waals surface area contributed by atoms with Crippen molar-refractivity contribution >= 4 is 5.78 Å². The summed E-state index contributed by atoms with van der Waals surface area (Å²) in [6.45, 7) is 2.17. The van der Waals surface area contributed by atoms with E-state index in [1.165, 1.54) is 0 Å². The number of Topliss-reactive ketones (excluding diaryl/α,β-unsaturated/α-hetero) is 1. The van der Waals surface area contributed by atoms with Crippen molar-refractivity contribution in [1.29, 1.82) is 0 Å². The van der Waals surface area contributed by atoms with E-state index in [4.69, 9.17) is 0 Å². The molecular formula is C26H31NO. The number of rotatable bonds is 7. The van der Waals surface area contributed by atoms with E-state index in [1.807, 2.05) is 84.9 Å². The number of benzene rings is 3. The molecule has 146 valence electrons. The zero-order chi connectivity index (χ0) is 20.2. The summed E-state index contributed by atoms with van der Waals surface area (Å²) >= 11 is 0. The van der Waals surface area contributed by atoms with Gasteiger partial charge in [-0.2, -0.15) is 0 Å². The Morgan fingerprint density at radius 3 is 1.64 bits per heavy atom. The summed E-state index contributed by atoms with van der Waals surface area (Å²) in [5, 5.41) is 0. The van der Waals surface area contributed by atoms with Gasteiger partial charge in [-0.05, 0) is 38.6 Å². The average molecular weight is 374 g/mol. The molecule has 2 nitrogen and oxygen atoms in total. The van der Waals surface area contributed by atoms with E-state index in [2.05, 4.69) is 38.1 Å². The molecule has 0 bridgehead atoms. The highest BCUT2D eigenvalue weighted by Crippen LogP contribution is 2.25. The molecule has 0 fully saturated rings. The zero-order valence-electron chi connectivity index (χ0n) is 17.2. The van der Waals surface area contributed by atoms with Crippen molar-refractivity contribution in [2.75, 3.05) is 14.1 Å². The first-order valence-corrected chi connectivity index (χ1v) is 9.86. The lowest BCUT2D eigenvalue weighted by Gasteiger charge is -2.25. The fourth-order valence-electron chi connectivity index (χ4n) is 3.00. The van der Waals surface area contributed by atoms with Gasteiger partial charge in [0.1, 0.15) is 5.78 Å². The highest BCUT2D eigenvalue weighted by atomic mass is 16.1. The molecule has 2 heteroatoms. The second-order valence-corrected chi connectivity index (χ2v) is 7.29. The van der Waals surface area contributed by atoms with Crippen molar-refractivity contribution in [3.63, 3.8) is 0 Å². The molecule has 0 aliphatic rings. The Morgan fingerprint density at radius 2 is 1.18 bits per heavy atom. The van der Waals surface area contributed by atoms with Crippen molar-refractivity contribution < 1.29 is 4.79 Å². The quantitative estimate of drug-likeness (QED) is 0.536. The molecule has 0 aromatic heterocycles. The van der Waals surface area contributed by atoms with Gasteiger partial charge in [0.25, 0.3) is 0 Å². The zero-order valence-corrected chi connectivity index (χ0v) is 17.2. The molecule has 0 amide bonds. The van der Waals surface area contributed by atoms with Crippen LogP contribution in [0.4, 0.5) is 0 Å². The highest BCUT2D eigenvalue weighted by molar-refractivity contribution is 5.87. The molecule has 3 rings (SSSR count). The van der Waals surface area contributed by atoms with Gasteiger partial charge in [0.2, 0.25) is 0 Å². The lowest BCUT2D eigenvalue weighted by molar-refractivity contribution is -0.120. The molecular weight excluding hydrogens is 342 g/mol. The predicted molar refractivity (Wildman–Crippen MR) is 119 cm³/mol. The Bertz CT molecular complexity index is 758. The van der Waals surface area contributed by atoms with Gasteiger partial charge in [-0.15, -0.1) is 0 Å². The molecule has 28 heavy (non-hydrogen) atoms. The summed E-state index contributed by atoms with van der Waals surface area (Å²) in [7, 11) is 4.13. The van der Waals surface area contributed by atoms with Crippen LogP contribution in [-0.2, 0) is 11.2 Å². The maximum atomic E-state index is 12.9. The third-order valence-corrected chi connectivity index (χ3v) is 4.94. The van der Waals surface area contributed by atoms with Crippen molar-refractivity contribution in [2.24, 2.45) is 0 Å². The first-order chi connectivity index (χ1) is 13.6. The summed E-state index contributed by atoms with van der Waals surface area (Å²) in [5.41, 5.74) is 2.21. The summed E-state index contributed by atoms with van der Waals surface area (Å²) in [4.78, 5) is 15.0. The first-order valence-electron chi connectivity index (χ1n) is 9.86. The number of hydrogen-bond acceptors (Lipinski definition) is 2. The van der Waals surface area contributed by atoms with Gasteiger partial charge < -0.3 is 4.90 Å². The topological polar surface area (TPSA) is 20.3 Å². The van der Waals surface area contributed by atoms with Crippen LogP contribution < -0.4 is 0 Å². The van der Waals surface area contributed by atoms with E-state index < -0.39 is 0 Å². The average Bonchev–Trinajstić information content (AvgIpc) is 2.74. The smallest absolute Gasteiger partial charge is 0.144 e. The second kappa shape index (κ2) is 11.9. The van der Waals surface area contributed by atoms with Crippen LogP contribution in [-0.4, -0.2) is 30.8 Å². The van der Waals surface area contributed by atoms with E-state index >= 15 is 0 Å². The van der Waals surface area contributed by atoms with Crippen LogP contribution in [0.5, 0.6) is 0 Å². The van der Waals surface area contributed by atoms with Crippen molar-refractivity contribution in [3.8, 4) is 0 Å². The fourth-order valence-corrected chi connectivity index (χ4v) is 3.00. The largest absolute Gasteiger partial charge is 0.307 e. The van der Waals surface area contributed by atoms with Crippen LogP contribution in [0.15, 0.2) is 97.1 Å². The number of ketones is 1. The number of hydrogen-bond donors (Lipinski definition) is 0. The predicted octanol–water partition coefficient (Wildman–Crippen LogP) is 5.61. The van der Waals surface area contributed by atoms with E-state index in [1.54, 1.807) is 0 Å². The minimum Gasteiger partial charge on any atom is -0.307 e. The normalized spacial score (nSPS) is 12.6. The summed E-state index contributed by atoms with van der Waals surface area (Å²) in [6, 6.07) is 32.5. The van der Waals surface area contributed by atoms with Gasteiger partial charge >= 0.3 is 0 Å². The summed E-state index contributed by atoms with van der Waals surface area (Å²) in [6.07, 6.45) is 1.35. The van der Waals surface area contributed by atoms with E-state index in [0.717, 1.165) is 17.5 Å². The lowest BCUT2D eigenvalue weighted by Crippen LogP contribution is -2.29. The van der Waals surface area contributed by atoms with E-state index in [9.17, 15) is 4.79 Å². The summed E-state index contributed by atoms with van der Waals surface area (Å²) < 4.78 is 0. The van der Waals surface area contributed by atoms with E-state index in [0.29, 0.717) is 18.2 Å². The summed E-state index contributed by atoms with van der Waals surface area (Å²) in [5.74, 6) is 0.255. The first kappa shape index (κ1) is 21.6. The van der Waals surface area contributed by atoms with Crippen LogP contribution in [0.3, 0.4) is 0 Å². The minimum atomic E-state index is -0.0428. The van der Waals surface area contributed by atoms with Gasteiger partial charge in [0, 0.05) is 18.4 Å². The van der Waals surface area contributed by atoms with Gasteiger partial charge in [0.15, 0.2) is 0 Å². The Balaban J connectivity index is 0.000000397. The third-order valence-electron chi connectivity index (χ3n) is 4.94. The molecule has 0 saturated heterocycles. The van der Waals surface area contributed by atoms with Gasteiger partial charge in [0.05, 0.1) is 0 Å².